The fourth-order valence-corrected chi connectivity index (χ4v) is 3.80. The van der Waals surface area contributed by atoms with Crippen LogP contribution in [0.2, 0.25) is 0 Å². The molecule has 2 heterocycles. The molecule has 124 valence electrons. The average molecular weight is 331 g/mol. The number of amides is 1. The van der Waals surface area contributed by atoms with Crippen molar-refractivity contribution in [1.82, 2.24) is 15.3 Å². The molecule has 1 atom stereocenters. The molecule has 2 rings (SSSR count). The maximum absolute atomic E-state index is 10.7. The summed E-state index contributed by atoms with van der Waals surface area (Å²) in [6, 6.07) is 2.16. The summed E-state index contributed by atoms with van der Waals surface area (Å²) in [4.78, 5) is 21.3. The molecule has 2 aromatic heterocycles. The maximum Gasteiger partial charge on any atom is 0.207 e. The first-order chi connectivity index (χ1) is 11.0. The van der Waals surface area contributed by atoms with Crippen LogP contribution in [0.3, 0.4) is 0 Å². The summed E-state index contributed by atoms with van der Waals surface area (Å²) in [5, 5.41) is 3.87. The van der Waals surface area contributed by atoms with Gasteiger partial charge in [-0.3, -0.25) is 9.78 Å². The Bertz CT molecular complexity index is 694. The van der Waals surface area contributed by atoms with Gasteiger partial charge >= 0.3 is 0 Å². The summed E-state index contributed by atoms with van der Waals surface area (Å²) in [6.07, 6.45) is 2.84. The number of carbonyl (C=O) groups is 1. The van der Waals surface area contributed by atoms with E-state index in [1.807, 2.05) is 13.8 Å². The van der Waals surface area contributed by atoms with Crippen LogP contribution in [-0.4, -0.2) is 22.9 Å². The van der Waals surface area contributed by atoms with Crippen molar-refractivity contribution < 1.29 is 4.79 Å². The molecule has 0 aromatic carbocycles. The quantitative estimate of drug-likeness (QED) is 0.778. The summed E-state index contributed by atoms with van der Waals surface area (Å²) in [6.45, 7) is 11.1. The number of carbonyl (C=O) groups excluding carboxylic acids is 1. The molecule has 0 aliphatic carbocycles. The lowest BCUT2D eigenvalue weighted by molar-refractivity contribution is -0.109. The average Bonchev–Trinajstić information content (AvgIpc) is 2.84. The zero-order chi connectivity index (χ0) is 17.0. The highest BCUT2D eigenvalue weighted by atomic mass is 32.1. The van der Waals surface area contributed by atoms with Crippen LogP contribution in [0, 0.1) is 27.7 Å². The van der Waals surface area contributed by atoms with E-state index in [2.05, 4.69) is 37.1 Å². The minimum atomic E-state index is 0.248. The predicted molar refractivity (Wildman–Crippen MR) is 96.0 cm³/mol. The Hall–Kier alpha value is -1.75. The number of pyridine rings is 1. The highest BCUT2D eigenvalue weighted by Gasteiger charge is 2.18. The third-order valence-electron chi connectivity index (χ3n) is 4.17. The van der Waals surface area contributed by atoms with E-state index >= 15 is 0 Å². The van der Waals surface area contributed by atoms with Gasteiger partial charge in [0.15, 0.2) is 0 Å². The van der Waals surface area contributed by atoms with E-state index in [0.29, 0.717) is 6.54 Å². The number of hydrogen-bond donors (Lipinski definition) is 1. The fraction of sp³-hybridized carbons (Fsp3) is 0.500. The van der Waals surface area contributed by atoms with Crippen molar-refractivity contribution in [3.05, 3.63) is 33.6 Å². The Morgan fingerprint density at radius 3 is 2.57 bits per heavy atom. The monoisotopic (exact) mass is 331 g/mol. The van der Waals surface area contributed by atoms with Gasteiger partial charge in [-0.15, -0.1) is 11.3 Å². The minimum absolute atomic E-state index is 0.248. The molecule has 0 bridgehead atoms. The third kappa shape index (κ3) is 3.96. The molecule has 4 nitrogen and oxygen atoms in total. The number of rotatable bonds is 7. The Morgan fingerprint density at radius 1 is 1.26 bits per heavy atom. The fourth-order valence-electron chi connectivity index (χ4n) is 2.84. The second-order valence-corrected chi connectivity index (χ2v) is 7.20. The van der Waals surface area contributed by atoms with Crippen LogP contribution in [0.5, 0.6) is 0 Å². The first-order valence-corrected chi connectivity index (χ1v) is 8.89. The summed E-state index contributed by atoms with van der Waals surface area (Å²) in [7, 11) is 0. The Kier molecular flexibility index (Phi) is 5.88. The number of thiazole rings is 1. The molecule has 1 N–H and O–H groups in total. The van der Waals surface area contributed by atoms with E-state index in [1.54, 1.807) is 11.3 Å². The standard InChI is InChI=1S/C18H25N3OS/c1-6-7-15(9-19-10-22)16-8-11(2)12(3)17(21-16)18-13(4)20-14(5)23-18/h8,10,15H,6-7,9H2,1-5H3,(H,19,22). The largest absolute Gasteiger partial charge is 0.358 e. The first kappa shape index (κ1) is 17.6. The molecule has 0 saturated carbocycles. The molecule has 0 spiro atoms. The van der Waals surface area contributed by atoms with Crippen LogP contribution in [0.1, 0.15) is 53.2 Å². The van der Waals surface area contributed by atoms with Crippen molar-refractivity contribution >= 4 is 17.7 Å². The lowest BCUT2D eigenvalue weighted by Gasteiger charge is -2.18. The highest BCUT2D eigenvalue weighted by molar-refractivity contribution is 7.15. The Morgan fingerprint density at radius 2 is 2.00 bits per heavy atom. The number of nitrogens with zero attached hydrogens (tertiary/aromatic N) is 2. The van der Waals surface area contributed by atoms with Gasteiger partial charge in [-0.25, -0.2) is 4.98 Å². The summed E-state index contributed by atoms with van der Waals surface area (Å²) < 4.78 is 0. The molecule has 0 radical (unpaired) electrons. The van der Waals surface area contributed by atoms with Gasteiger partial charge in [0.05, 0.1) is 21.3 Å². The van der Waals surface area contributed by atoms with Crippen LogP contribution in [0.4, 0.5) is 0 Å². The molecule has 0 aliphatic rings. The molecule has 5 heteroatoms. The van der Waals surface area contributed by atoms with Crippen LogP contribution in [-0.2, 0) is 4.79 Å². The number of aryl methyl sites for hydroxylation is 3. The molecule has 0 fully saturated rings. The molecule has 0 saturated heterocycles. The van der Waals surface area contributed by atoms with Crippen molar-refractivity contribution in [1.29, 1.82) is 0 Å². The first-order valence-electron chi connectivity index (χ1n) is 8.07. The molecule has 23 heavy (non-hydrogen) atoms. The van der Waals surface area contributed by atoms with E-state index < -0.39 is 0 Å². The van der Waals surface area contributed by atoms with Gasteiger partial charge in [0.25, 0.3) is 0 Å². The van der Waals surface area contributed by atoms with Crippen LogP contribution >= 0.6 is 11.3 Å². The zero-order valence-electron chi connectivity index (χ0n) is 14.6. The van der Waals surface area contributed by atoms with Crippen molar-refractivity contribution in [2.45, 2.75) is 53.4 Å². The van der Waals surface area contributed by atoms with Gasteiger partial charge < -0.3 is 5.32 Å². The molecule has 2 aromatic rings. The van der Waals surface area contributed by atoms with Crippen LogP contribution < -0.4 is 5.32 Å². The topological polar surface area (TPSA) is 54.9 Å². The van der Waals surface area contributed by atoms with Crippen LogP contribution in [0.25, 0.3) is 10.6 Å². The number of nitrogens with one attached hydrogen (secondary N) is 1. The predicted octanol–water partition coefficient (Wildman–Crippen LogP) is 4.07. The normalized spacial score (nSPS) is 12.2. The van der Waals surface area contributed by atoms with Gasteiger partial charge in [0.2, 0.25) is 6.41 Å². The Balaban J connectivity index is 2.50. The molecule has 1 amide bonds. The summed E-state index contributed by atoms with van der Waals surface area (Å²) in [5.41, 5.74) is 5.58. The Labute approximate surface area is 142 Å². The highest BCUT2D eigenvalue weighted by Crippen LogP contribution is 2.33. The van der Waals surface area contributed by atoms with Crippen molar-refractivity contribution in [3.63, 3.8) is 0 Å². The second kappa shape index (κ2) is 7.68. The van der Waals surface area contributed by atoms with E-state index in [4.69, 9.17) is 4.98 Å². The third-order valence-corrected chi connectivity index (χ3v) is 5.25. The summed E-state index contributed by atoms with van der Waals surface area (Å²) in [5.74, 6) is 0.248. The van der Waals surface area contributed by atoms with Gasteiger partial charge in [0.1, 0.15) is 0 Å². The van der Waals surface area contributed by atoms with Gasteiger partial charge in [0, 0.05) is 18.2 Å². The van der Waals surface area contributed by atoms with Gasteiger partial charge in [-0.05, 0) is 51.3 Å². The lowest BCUT2D eigenvalue weighted by Crippen LogP contribution is -2.21. The second-order valence-electron chi connectivity index (χ2n) is 6.00. The van der Waals surface area contributed by atoms with Gasteiger partial charge in [-0.1, -0.05) is 13.3 Å². The van der Waals surface area contributed by atoms with E-state index in [0.717, 1.165) is 46.2 Å². The number of aromatic nitrogens is 2. The summed E-state index contributed by atoms with van der Waals surface area (Å²) >= 11 is 1.70. The zero-order valence-corrected chi connectivity index (χ0v) is 15.4. The minimum Gasteiger partial charge on any atom is -0.358 e. The van der Waals surface area contributed by atoms with E-state index in [9.17, 15) is 4.79 Å². The van der Waals surface area contributed by atoms with E-state index in [-0.39, 0.29) is 5.92 Å². The molecule has 1 unspecified atom stereocenters. The molecular formula is C18H25N3OS. The van der Waals surface area contributed by atoms with Gasteiger partial charge in [-0.2, -0.15) is 0 Å². The van der Waals surface area contributed by atoms with Crippen molar-refractivity contribution in [2.24, 2.45) is 0 Å². The lowest BCUT2D eigenvalue weighted by atomic mass is 9.95. The van der Waals surface area contributed by atoms with E-state index in [1.165, 1.54) is 11.1 Å². The van der Waals surface area contributed by atoms with Crippen molar-refractivity contribution in [3.8, 4) is 10.6 Å². The SMILES string of the molecule is CCCC(CNC=O)c1cc(C)c(C)c(-c2sc(C)nc2C)n1. The van der Waals surface area contributed by atoms with Crippen LogP contribution in [0.15, 0.2) is 6.07 Å². The van der Waals surface area contributed by atoms with Crippen molar-refractivity contribution in [2.75, 3.05) is 6.54 Å². The maximum atomic E-state index is 10.7. The molecule has 0 aliphatic heterocycles. The molecular weight excluding hydrogens is 306 g/mol. The smallest absolute Gasteiger partial charge is 0.207 e. The number of hydrogen-bond acceptors (Lipinski definition) is 4.